The van der Waals surface area contributed by atoms with Gasteiger partial charge in [-0.05, 0) is 295 Å². The zero-order valence-corrected chi connectivity index (χ0v) is 71.8. The van der Waals surface area contributed by atoms with Gasteiger partial charge in [-0.1, -0.05) is 381 Å². The molecule has 0 aliphatic heterocycles. The zero-order chi connectivity index (χ0) is 81.8. The van der Waals surface area contributed by atoms with Gasteiger partial charge in [0, 0.05) is 35.6 Å². The van der Waals surface area contributed by atoms with Crippen molar-refractivity contribution in [1.29, 1.82) is 0 Å². The van der Waals surface area contributed by atoms with Gasteiger partial charge in [-0.2, -0.15) is 0 Å². The molecule has 1 radical (unpaired) electrons. The summed E-state index contributed by atoms with van der Waals surface area (Å²) >= 11 is 14.3. The predicted molar refractivity (Wildman–Crippen MR) is 544 cm³/mol. The quantitative estimate of drug-likeness (QED) is 0.105. The minimum atomic E-state index is 1.13. The fourth-order valence-electron chi connectivity index (χ4n) is 20.9. The van der Waals surface area contributed by atoms with Crippen LogP contribution in [0.25, 0.3) is 239 Å². The Kier molecular flexibility index (Phi) is 17.5. The van der Waals surface area contributed by atoms with Gasteiger partial charge in [0.25, 0.3) is 0 Å². The van der Waals surface area contributed by atoms with E-state index >= 15 is 0 Å². The molecule has 123 heavy (non-hydrogen) atoms. The Hall–Kier alpha value is -13.6. The molecular formula is C116H67BBr3N2S. The summed E-state index contributed by atoms with van der Waals surface area (Å²) in [6.45, 7) is 0. The summed E-state index contributed by atoms with van der Waals surface area (Å²) in [5, 5.41) is 40.4. The molecule has 0 amide bonds. The zero-order valence-electron chi connectivity index (χ0n) is 66.2. The molecule has 0 heterocycles. The minimum Gasteiger partial charge on any atom is -0.310 e. The molecule has 3 aliphatic carbocycles. The molecule has 0 aromatic heterocycles. The summed E-state index contributed by atoms with van der Waals surface area (Å²) in [7, 11) is 4.34. The average molecular weight is 1770 g/mol. The fourth-order valence-corrected chi connectivity index (χ4v) is 22.5. The van der Waals surface area contributed by atoms with Crippen molar-refractivity contribution >= 4 is 247 Å². The molecule has 0 saturated carbocycles. The van der Waals surface area contributed by atoms with Crippen molar-refractivity contribution < 1.29 is 0 Å². The first kappa shape index (κ1) is 73.3. The third-order valence-electron chi connectivity index (χ3n) is 26.0. The monoisotopic (exact) mass is 1770 g/mol. The largest absolute Gasteiger partial charge is 0.310 e. The minimum absolute atomic E-state index is 1.13. The van der Waals surface area contributed by atoms with Crippen LogP contribution in [0.15, 0.2) is 418 Å². The van der Waals surface area contributed by atoms with Gasteiger partial charge < -0.3 is 4.90 Å². The van der Waals surface area contributed by atoms with Gasteiger partial charge in [0.1, 0.15) is 0 Å². The molecule has 7 heteroatoms. The Morgan fingerprint density at radius 1 is 0.179 bits per heavy atom. The van der Waals surface area contributed by atoms with Crippen LogP contribution in [0.1, 0.15) is 0 Å². The summed E-state index contributed by atoms with van der Waals surface area (Å²) in [5.74, 6) is 0. The van der Waals surface area contributed by atoms with Crippen molar-refractivity contribution in [1.82, 2.24) is 0 Å². The van der Waals surface area contributed by atoms with Crippen molar-refractivity contribution in [3.05, 3.63) is 414 Å². The Balaban J connectivity index is 0.0000000876. The van der Waals surface area contributed by atoms with Gasteiger partial charge in [-0.15, -0.1) is 0 Å². The Morgan fingerprint density at radius 2 is 0.463 bits per heavy atom. The van der Waals surface area contributed by atoms with E-state index in [1.165, 1.54) is 254 Å². The Morgan fingerprint density at radius 3 is 0.911 bits per heavy atom. The first-order valence-corrected chi connectivity index (χ1v) is 44.3. The van der Waals surface area contributed by atoms with E-state index in [-0.39, 0.29) is 0 Å². The van der Waals surface area contributed by atoms with Gasteiger partial charge in [-0.25, -0.2) is 0 Å². The number of rotatable bonds is 4. The summed E-state index contributed by atoms with van der Waals surface area (Å²) in [4.78, 5) is 2.41. The number of anilines is 3. The van der Waals surface area contributed by atoms with Crippen LogP contribution in [0.4, 0.5) is 17.1 Å². The summed E-state index contributed by atoms with van der Waals surface area (Å²) < 4.78 is 6.18. The van der Waals surface area contributed by atoms with E-state index in [2.05, 4.69) is 478 Å². The molecule has 2 nitrogen and oxygen atoms in total. The standard InChI is InChI=1S/C34H21N.C22H11Br.C22H13Br.C22H12.C16H9Br.BHNS/c1-3-12-24(13-4-1)35(25-14-5-2-6-15-25)31-21-30-27-17-8-7-16-26(27)29-20-23-11-9-10-22-18-19-28(31)34(32(22)23)33(29)30;23-19-11-18-15-7-2-1-6-14(15)17-10-13-5-3-4-12-8-9-16(19)22(20(12)13)21(17)18;23-20-7-2-1-6-18(20)17-12-10-16-9-8-14-4-3-5-15-11-13-19(17)22(16)21(14)15;1-2-7-17-16(6-1)18-11-10-14-9-8-13-4-3-5-15-12-19(17)22(18)21(14)20(13)15;17-14-9-7-12-5-4-10-2-1-3-11-6-8-13(14)16(12)15(10)11;1-2-3/h1-21H;1-11H;1-13H;1-12H;1-9H;3H. The van der Waals surface area contributed by atoms with Crippen molar-refractivity contribution in [3.63, 3.8) is 0 Å². The van der Waals surface area contributed by atoms with Crippen LogP contribution in [0.3, 0.4) is 0 Å². The number of fused-ring (bicyclic) bond motifs is 9. The molecule has 0 atom stereocenters. The number of para-hydroxylation sites is 2. The number of thiol groups is 1. The molecule has 0 unspecified atom stereocenters. The molecule has 0 fully saturated rings. The molecule has 3 aliphatic rings. The first-order valence-electron chi connectivity index (χ1n) is 41.5. The van der Waals surface area contributed by atoms with Gasteiger partial charge in [-0.3, -0.25) is 0 Å². The topological polar surface area (TPSA) is 15.6 Å². The van der Waals surface area contributed by atoms with Crippen LogP contribution >= 0.6 is 60.6 Å². The van der Waals surface area contributed by atoms with Gasteiger partial charge in [0.2, 0.25) is 0 Å². The molecule has 29 rings (SSSR count). The van der Waals surface area contributed by atoms with Crippen LogP contribution in [0.2, 0.25) is 0 Å². The van der Waals surface area contributed by atoms with E-state index < -0.39 is 0 Å². The molecule has 0 N–H and O–H groups in total. The number of hydrogen-bond acceptors (Lipinski definition) is 3. The van der Waals surface area contributed by atoms with Gasteiger partial charge in [0.15, 0.2) is 0 Å². The number of benzene rings is 26. The second-order valence-electron chi connectivity index (χ2n) is 32.3. The van der Waals surface area contributed by atoms with Gasteiger partial charge in [0.05, 0.1) is 5.69 Å². The van der Waals surface area contributed by atoms with Crippen LogP contribution in [0, 0.1) is 0 Å². The van der Waals surface area contributed by atoms with E-state index in [0.29, 0.717) is 0 Å². The number of nitrogens with zero attached hydrogens (tertiary/aromatic N) is 2. The van der Waals surface area contributed by atoms with E-state index in [1.54, 1.807) is 0 Å². The number of hydrogen-bond donors (Lipinski definition) is 1. The van der Waals surface area contributed by atoms with Crippen LogP contribution < -0.4 is 4.90 Å². The second-order valence-corrected chi connectivity index (χ2v) is 35.1. The van der Waals surface area contributed by atoms with E-state index in [4.69, 9.17) is 0 Å². The van der Waals surface area contributed by atoms with Gasteiger partial charge >= 0.3 is 24.8 Å². The van der Waals surface area contributed by atoms with Crippen molar-refractivity contribution in [3.8, 4) is 77.9 Å². The summed E-state index contributed by atoms with van der Waals surface area (Å²) in [6, 6.07) is 146. The van der Waals surface area contributed by atoms with E-state index in [9.17, 15) is 0 Å². The maximum atomic E-state index is 4.34. The first-order chi connectivity index (χ1) is 60.7. The SMILES string of the molecule is Brc1cc2c3c(cc4cccc5ccc1c3c54)-c1ccccc1-2.Brc1ccc2ccc3cccc4ccc1c2c34.Brc1ccccc1-c1ccc2ccc3cccc4ccc1c2c34.[B]=NS.c1ccc(N(c2ccccc2)c2cc3c4c(cc5cccc6ccc2c4c65)-c2ccccc2-3)cc1.c1ccc2c(c1)-c1ccc3ccc4cccc5cc-2c1c3c45. The van der Waals surface area contributed by atoms with Crippen LogP contribution in [-0.4, -0.2) is 7.64 Å². The predicted octanol–water partition coefficient (Wildman–Crippen LogP) is 35.5. The second kappa shape index (κ2) is 29.3. The van der Waals surface area contributed by atoms with Crippen LogP contribution in [0.5, 0.6) is 0 Å². The maximum Gasteiger partial charge on any atom is 0.0546 e. The van der Waals surface area contributed by atoms with E-state index in [1.807, 2.05) is 0 Å². The molecule has 571 valence electrons. The molecule has 0 saturated heterocycles. The van der Waals surface area contributed by atoms with Crippen molar-refractivity contribution in [2.24, 2.45) is 4.30 Å². The molecule has 0 bridgehead atoms. The molecule has 0 spiro atoms. The summed E-state index contributed by atoms with van der Waals surface area (Å²) in [6.07, 6.45) is 0. The molecule has 26 aromatic carbocycles. The van der Waals surface area contributed by atoms with E-state index in [0.717, 1.165) is 15.8 Å². The molecule has 26 aromatic rings. The Labute approximate surface area is 741 Å². The normalized spacial score (nSPS) is 11.9. The smallest absolute Gasteiger partial charge is 0.0546 e. The number of halogens is 3. The summed E-state index contributed by atoms with van der Waals surface area (Å²) in [5.41, 5.74) is 22.3. The average Bonchev–Trinajstić information content (AvgIpc) is 1.56. The fraction of sp³-hybridized carbons (Fsp3) is 0. The van der Waals surface area contributed by atoms with Crippen molar-refractivity contribution in [2.75, 3.05) is 4.90 Å². The maximum absolute atomic E-state index is 4.34. The van der Waals surface area contributed by atoms with Crippen LogP contribution in [-0.2, 0) is 0 Å². The van der Waals surface area contributed by atoms with Crippen molar-refractivity contribution in [2.45, 2.75) is 0 Å². The Bertz CT molecular complexity index is 8720. The third-order valence-corrected chi connectivity index (χ3v) is 28.0. The third kappa shape index (κ3) is 11.5. The molecular weight excluding hydrogens is 1700 g/mol.